The van der Waals surface area contributed by atoms with Crippen LogP contribution < -0.4 is 0 Å². The molecule has 3 aromatic rings. The van der Waals surface area contributed by atoms with Gasteiger partial charge in [0.25, 0.3) is 0 Å². The third kappa shape index (κ3) is 3.91. The summed E-state index contributed by atoms with van der Waals surface area (Å²) in [4.78, 5) is 4.68. The molecule has 3 rings (SSSR count). The van der Waals surface area contributed by atoms with Gasteiger partial charge in [0.2, 0.25) is 0 Å². The third-order valence-corrected chi connectivity index (χ3v) is 3.82. The number of hydrogen-bond donors (Lipinski definition) is 0. The van der Waals surface area contributed by atoms with Crippen molar-refractivity contribution in [1.29, 1.82) is 0 Å². The number of aromatic nitrogens is 2. The second kappa shape index (κ2) is 8.43. The number of nitrogens with zero attached hydrogens (tertiary/aromatic N) is 2. The molecule has 0 radical (unpaired) electrons. The molecule has 0 unspecified atom stereocenters. The Hall–Kier alpha value is -2.43. The highest BCUT2D eigenvalue weighted by molar-refractivity contribution is 5.78. The number of rotatable bonds is 8. The lowest BCUT2D eigenvalue weighted by atomic mass is 10.0. The summed E-state index contributed by atoms with van der Waals surface area (Å²) in [6.45, 7) is 1.86. The zero-order chi connectivity index (χ0) is 16.6. The molecule has 0 amide bonds. The van der Waals surface area contributed by atoms with Gasteiger partial charge in [0, 0.05) is 24.8 Å². The molecule has 0 aliphatic heterocycles. The molecule has 0 atom stereocenters. The quantitative estimate of drug-likeness (QED) is 0.460. The first-order chi connectivity index (χ1) is 11.9. The van der Waals surface area contributed by atoms with Gasteiger partial charge in [-0.1, -0.05) is 60.7 Å². The van der Waals surface area contributed by atoms with Crippen LogP contribution in [0.4, 0.5) is 0 Å². The SMILES string of the molecule is COCOCCCn1cnc(-c2ccccc2)c1-c1ccccc1. The standard InChI is InChI=1S/C20H22N2O2/c1-23-16-24-14-8-13-22-15-21-19(17-9-4-2-5-10-17)20(22)18-11-6-3-7-12-18/h2-7,9-12,15H,8,13-14,16H2,1H3. The highest BCUT2D eigenvalue weighted by Crippen LogP contribution is 2.31. The van der Waals surface area contributed by atoms with E-state index in [-0.39, 0.29) is 0 Å². The molecule has 0 spiro atoms. The van der Waals surface area contributed by atoms with Crippen LogP contribution >= 0.6 is 0 Å². The van der Waals surface area contributed by atoms with E-state index in [9.17, 15) is 0 Å². The van der Waals surface area contributed by atoms with Crippen molar-refractivity contribution in [2.45, 2.75) is 13.0 Å². The molecule has 0 bridgehead atoms. The minimum Gasteiger partial charge on any atom is -0.359 e. The van der Waals surface area contributed by atoms with Gasteiger partial charge >= 0.3 is 0 Å². The van der Waals surface area contributed by atoms with Crippen molar-refractivity contribution in [1.82, 2.24) is 9.55 Å². The highest BCUT2D eigenvalue weighted by atomic mass is 16.7. The van der Waals surface area contributed by atoms with Gasteiger partial charge in [-0.15, -0.1) is 0 Å². The molecule has 4 heteroatoms. The van der Waals surface area contributed by atoms with Crippen molar-refractivity contribution in [2.24, 2.45) is 0 Å². The molecule has 0 saturated heterocycles. The lowest BCUT2D eigenvalue weighted by Gasteiger charge is -2.11. The first kappa shape index (κ1) is 16.4. The molecule has 0 saturated carbocycles. The molecule has 24 heavy (non-hydrogen) atoms. The van der Waals surface area contributed by atoms with E-state index in [1.54, 1.807) is 7.11 Å². The molecular formula is C20H22N2O2. The summed E-state index contributed by atoms with van der Waals surface area (Å²) in [5.41, 5.74) is 4.46. The summed E-state index contributed by atoms with van der Waals surface area (Å²) in [6, 6.07) is 20.7. The smallest absolute Gasteiger partial charge is 0.146 e. The van der Waals surface area contributed by atoms with Crippen LogP contribution in [0, 0.1) is 0 Å². The molecule has 2 aromatic carbocycles. The van der Waals surface area contributed by atoms with E-state index in [1.807, 2.05) is 30.6 Å². The highest BCUT2D eigenvalue weighted by Gasteiger charge is 2.14. The Morgan fingerprint density at radius 1 is 0.917 bits per heavy atom. The summed E-state index contributed by atoms with van der Waals surface area (Å²) in [7, 11) is 1.63. The predicted molar refractivity (Wildman–Crippen MR) is 95.5 cm³/mol. The van der Waals surface area contributed by atoms with Crippen molar-refractivity contribution in [2.75, 3.05) is 20.5 Å². The van der Waals surface area contributed by atoms with Gasteiger partial charge in [0.05, 0.1) is 24.3 Å². The fraction of sp³-hybridized carbons (Fsp3) is 0.250. The number of imidazole rings is 1. The largest absolute Gasteiger partial charge is 0.359 e. The minimum absolute atomic E-state index is 0.338. The monoisotopic (exact) mass is 322 g/mol. The Kier molecular flexibility index (Phi) is 5.77. The van der Waals surface area contributed by atoms with Crippen LogP contribution in [0.3, 0.4) is 0 Å². The van der Waals surface area contributed by atoms with Crippen LogP contribution in [0.1, 0.15) is 6.42 Å². The number of hydrogen-bond acceptors (Lipinski definition) is 3. The lowest BCUT2D eigenvalue weighted by molar-refractivity contribution is -0.0318. The Morgan fingerprint density at radius 3 is 2.25 bits per heavy atom. The average molecular weight is 322 g/mol. The number of aryl methyl sites for hydroxylation is 1. The molecule has 0 aliphatic rings. The first-order valence-electron chi connectivity index (χ1n) is 8.13. The average Bonchev–Trinajstić information content (AvgIpc) is 3.07. The van der Waals surface area contributed by atoms with Crippen LogP contribution in [0.2, 0.25) is 0 Å². The third-order valence-electron chi connectivity index (χ3n) is 3.82. The van der Waals surface area contributed by atoms with Crippen molar-refractivity contribution in [3.05, 3.63) is 67.0 Å². The molecular weight excluding hydrogens is 300 g/mol. The zero-order valence-corrected chi connectivity index (χ0v) is 13.9. The van der Waals surface area contributed by atoms with E-state index in [0.29, 0.717) is 13.4 Å². The molecule has 0 aliphatic carbocycles. The Labute approximate surface area is 142 Å². The maximum atomic E-state index is 5.39. The summed E-state index contributed by atoms with van der Waals surface area (Å²) >= 11 is 0. The fourth-order valence-electron chi connectivity index (χ4n) is 2.74. The Balaban J connectivity index is 1.88. The van der Waals surface area contributed by atoms with Crippen LogP contribution in [-0.4, -0.2) is 30.1 Å². The van der Waals surface area contributed by atoms with E-state index in [4.69, 9.17) is 9.47 Å². The van der Waals surface area contributed by atoms with Crippen LogP contribution in [0.5, 0.6) is 0 Å². The first-order valence-corrected chi connectivity index (χ1v) is 8.13. The summed E-state index contributed by atoms with van der Waals surface area (Å²) in [5.74, 6) is 0. The van der Waals surface area contributed by atoms with Crippen LogP contribution in [0.15, 0.2) is 67.0 Å². The molecule has 124 valence electrons. The summed E-state index contributed by atoms with van der Waals surface area (Å²) in [5, 5.41) is 0. The van der Waals surface area contributed by atoms with Gasteiger partial charge in [-0.3, -0.25) is 0 Å². The maximum absolute atomic E-state index is 5.39. The van der Waals surface area contributed by atoms with Gasteiger partial charge in [0.15, 0.2) is 0 Å². The number of ether oxygens (including phenoxy) is 2. The Bertz CT molecular complexity index is 739. The number of methoxy groups -OCH3 is 1. The predicted octanol–water partition coefficient (Wildman–Crippen LogP) is 4.23. The van der Waals surface area contributed by atoms with Crippen molar-refractivity contribution in [3.63, 3.8) is 0 Å². The van der Waals surface area contributed by atoms with Gasteiger partial charge < -0.3 is 14.0 Å². The summed E-state index contributed by atoms with van der Waals surface area (Å²) in [6.07, 6.45) is 2.83. The minimum atomic E-state index is 0.338. The normalized spacial score (nSPS) is 10.9. The summed E-state index contributed by atoms with van der Waals surface area (Å²) < 4.78 is 12.5. The second-order valence-corrected chi connectivity index (χ2v) is 5.54. The number of benzene rings is 2. The van der Waals surface area contributed by atoms with E-state index >= 15 is 0 Å². The second-order valence-electron chi connectivity index (χ2n) is 5.54. The van der Waals surface area contributed by atoms with E-state index < -0.39 is 0 Å². The topological polar surface area (TPSA) is 36.3 Å². The Morgan fingerprint density at radius 2 is 1.58 bits per heavy atom. The van der Waals surface area contributed by atoms with E-state index in [0.717, 1.165) is 29.9 Å². The molecule has 1 heterocycles. The van der Waals surface area contributed by atoms with E-state index in [1.165, 1.54) is 5.56 Å². The lowest BCUT2D eigenvalue weighted by Crippen LogP contribution is -2.05. The van der Waals surface area contributed by atoms with Gasteiger partial charge in [0.1, 0.15) is 6.79 Å². The maximum Gasteiger partial charge on any atom is 0.146 e. The van der Waals surface area contributed by atoms with Crippen LogP contribution in [-0.2, 0) is 16.0 Å². The van der Waals surface area contributed by atoms with Crippen molar-refractivity contribution in [3.8, 4) is 22.5 Å². The zero-order valence-electron chi connectivity index (χ0n) is 13.9. The van der Waals surface area contributed by atoms with Crippen molar-refractivity contribution >= 4 is 0 Å². The van der Waals surface area contributed by atoms with Gasteiger partial charge in [-0.2, -0.15) is 0 Å². The molecule has 1 aromatic heterocycles. The van der Waals surface area contributed by atoms with Crippen molar-refractivity contribution < 1.29 is 9.47 Å². The van der Waals surface area contributed by atoms with E-state index in [2.05, 4.69) is 45.9 Å². The molecule has 4 nitrogen and oxygen atoms in total. The van der Waals surface area contributed by atoms with Crippen LogP contribution in [0.25, 0.3) is 22.5 Å². The van der Waals surface area contributed by atoms with Gasteiger partial charge in [-0.25, -0.2) is 4.98 Å². The van der Waals surface area contributed by atoms with Gasteiger partial charge in [-0.05, 0) is 6.42 Å². The fourth-order valence-corrected chi connectivity index (χ4v) is 2.74. The molecule has 0 fully saturated rings. The molecule has 0 N–H and O–H groups in total.